The Kier molecular flexibility index (Phi) is 8.34. The van der Waals surface area contributed by atoms with Gasteiger partial charge in [0.05, 0.1) is 7.11 Å². The van der Waals surface area contributed by atoms with Crippen LogP contribution in [0.1, 0.15) is 78.3 Å². The predicted octanol–water partition coefficient (Wildman–Crippen LogP) is 4.25. The number of benzene rings is 2. The van der Waals surface area contributed by atoms with E-state index in [1.165, 1.54) is 12.0 Å². The van der Waals surface area contributed by atoms with Gasteiger partial charge in [0.1, 0.15) is 24.4 Å². The van der Waals surface area contributed by atoms with Gasteiger partial charge in [0.25, 0.3) is 0 Å². The number of likely N-dealkylation sites (tertiary alicyclic amines) is 1. The van der Waals surface area contributed by atoms with Crippen molar-refractivity contribution in [1.29, 1.82) is 0 Å². The van der Waals surface area contributed by atoms with Gasteiger partial charge in [-0.2, -0.15) is 0 Å². The van der Waals surface area contributed by atoms with Crippen molar-refractivity contribution < 1.29 is 38.2 Å². The molecule has 2 aromatic rings. The van der Waals surface area contributed by atoms with Gasteiger partial charge < -0.3 is 24.4 Å². The highest BCUT2D eigenvalue weighted by Crippen LogP contribution is 2.41. The minimum atomic E-state index is -0.872. The zero-order valence-corrected chi connectivity index (χ0v) is 24.4. The fraction of sp³-hybridized carbons (Fsp3) is 0.469. The number of hydrogen-bond acceptors (Lipinski definition) is 8. The molecule has 5 rings (SSSR count). The van der Waals surface area contributed by atoms with Gasteiger partial charge in [-0.05, 0) is 73.4 Å². The van der Waals surface area contributed by atoms with Crippen LogP contribution in [0.2, 0.25) is 0 Å². The van der Waals surface area contributed by atoms with Crippen molar-refractivity contribution in [3.8, 4) is 16.9 Å². The highest BCUT2D eigenvalue weighted by atomic mass is 16.5. The average Bonchev–Trinajstić information content (AvgIpc) is 3.38. The summed E-state index contributed by atoms with van der Waals surface area (Å²) in [6.07, 6.45) is 2.48. The summed E-state index contributed by atoms with van der Waals surface area (Å²) in [5, 5.41) is 2.56. The lowest BCUT2D eigenvalue weighted by molar-refractivity contribution is -0.154. The molecule has 222 valence electrons. The number of alkyl carbamates (subject to hydrolysis) is 1. The molecular weight excluding hydrogens is 540 g/mol. The average molecular weight is 577 g/mol. The molecule has 2 aromatic carbocycles. The van der Waals surface area contributed by atoms with Crippen LogP contribution in [0.4, 0.5) is 4.79 Å². The van der Waals surface area contributed by atoms with E-state index in [-0.39, 0.29) is 30.1 Å². The van der Waals surface area contributed by atoms with Gasteiger partial charge in [0, 0.05) is 29.2 Å². The van der Waals surface area contributed by atoms with Gasteiger partial charge in [0.15, 0.2) is 18.2 Å². The Morgan fingerprint density at radius 2 is 1.81 bits per heavy atom. The Balaban J connectivity index is 1.26. The van der Waals surface area contributed by atoms with Crippen molar-refractivity contribution in [3.63, 3.8) is 0 Å². The second-order valence-corrected chi connectivity index (χ2v) is 11.5. The molecule has 1 fully saturated rings. The summed E-state index contributed by atoms with van der Waals surface area (Å²) in [6.45, 7) is 5.22. The molecule has 2 amide bonds. The van der Waals surface area contributed by atoms with Crippen molar-refractivity contribution in [2.45, 2.75) is 77.6 Å². The maximum atomic E-state index is 13.4. The number of rotatable bonds is 7. The number of ether oxygens (including phenoxy) is 3. The van der Waals surface area contributed by atoms with E-state index in [0.29, 0.717) is 30.6 Å². The van der Waals surface area contributed by atoms with Crippen LogP contribution in [0.15, 0.2) is 30.3 Å². The number of esters is 1. The molecule has 0 saturated carbocycles. The lowest BCUT2D eigenvalue weighted by Crippen LogP contribution is -2.55. The van der Waals surface area contributed by atoms with Crippen molar-refractivity contribution in [2.24, 2.45) is 5.92 Å². The molecular formula is C32H36N2O8. The number of carbonyl (C=O) groups is 5. The SMILES string of the molecule is COC(=O)N[C@H](C(=O)N1[C@@H](C)CC[C@H]1C(=O)OCC(=O)c1ccc2c(c1)COc1cc3c(cc1-2)CCCC3=O)C(C)C. The van der Waals surface area contributed by atoms with E-state index in [9.17, 15) is 24.0 Å². The maximum Gasteiger partial charge on any atom is 0.407 e. The second-order valence-electron chi connectivity index (χ2n) is 11.5. The number of Topliss-reactive ketones (excluding diaryl/α,β-unsaturated/α-hetero) is 2. The molecule has 3 aliphatic rings. The molecule has 10 heteroatoms. The Morgan fingerprint density at radius 1 is 1.02 bits per heavy atom. The lowest BCUT2D eigenvalue weighted by atomic mass is 9.86. The number of nitrogens with zero attached hydrogens (tertiary/aromatic N) is 1. The minimum Gasteiger partial charge on any atom is -0.488 e. The molecule has 1 saturated heterocycles. The monoisotopic (exact) mass is 576 g/mol. The summed E-state index contributed by atoms with van der Waals surface area (Å²) in [5.74, 6) is -0.859. The number of carbonyl (C=O) groups excluding carboxylic acids is 5. The lowest BCUT2D eigenvalue weighted by Gasteiger charge is -2.32. The fourth-order valence-corrected chi connectivity index (χ4v) is 6.06. The van der Waals surface area contributed by atoms with Crippen LogP contribution in [0.3, 0.4) is 0 Å². The van der Waals surface area contributed by atoms with E-state index in [2.05, 4.69) is 10.1 Å². The van der Waals surface area contributed by atoms with E-state index in [1.54, 1.807) is 26.0 Å². The van der Waals surface area contributed by atoms with Crippen LogP contribution in [0, 0.1) is 5.92 Å². The largest absolute Gasteiger partial charge is 0.488 e. The van der Waals surface area contributed by atoms with E-state index >= 15 is 0 Å². The summed E-state index contributed by atoms with van der Waals surface area (Å²) < 4.78 is 16.0. The van der Waals surface area contributed by atoms with Crippen LogP contribution in [-0.2, 0) is 32.1 Å². The van der Waals surface area contributed by atoms with Crippen molar-refractivity contribution in [1.82, 2.24) is 10.2 Å². The smallest absolute Gasteiger partial charge is 0.407 e. The number of ketones is 2. The molecule has 1 N–H and O–H groups in total. The third kappa shape index (κ3) is 5.62. The highest BCUT2D eigenvalue weighted by Gasteiger charge is 2.43. The molecule has 42 heavy (non-hydrogen) atoms. The highest BCUT2D eigenvalue weighted by molar-refractivity contribution is 6.01. The Morgan fingerprint density at radius 3 is 2.55 bits per heavy atom. The predicted molar refractivity (Wildman–Crippen MR) is 152 cm³/mol. The van der Waals surface area contributed by atoms with Crippen molar-refractivity contribution in [2.75, 3.05) is 13.7 Å². The Hall–Kier alpha value is -4.21. The fourth-order valence-electron chi connectivity index (χ4n) is 6.06. The molecule has 0 radical (unpaired) electrons. The summed E-state index contributed by atoms with van der Waals surface area (Å²) in [5.41, 5.74) is 4.81. The van der Waals surface area contributed by atoms with Crippen LogP contribution >= 0.6 is 0 Å². The molecule has 2 heterocycles. The van der Waals surface area contributed by atoms with E-state index in [0.717, 1.165) is 40.7 Å². The first-order chi connectivity index (χ1) is 20.1. The summed E-state index contributed by atoms with van der Waals surface area (Å²) >= 11 is 0. The summed E-state index contributed by atoms with van der Waals surface area (Å²) in [7, 11) is 1.22. The van der Waals surface area contributed by atoms with Gasteiger partial charge in [-0.1, -0.05) is 26.0 Å². The van der Waals surface area contributed by atoms with Gasteiger partial charge in [-0.15, -0.1) is 0 Å². The zero-order valence-electron chi connectivity index (χ0n) is 24.4. The van der Waals surface area contributed by atoms with Crippen molar-refractivity contribution in [3.05, 3.63) is 52.6 Å². The maximum absolute atomic E-state index is 13.4. The third-order valence-electron chi connectivity index (χ3n) is 8.39. The molecule has 0 unspecified atom stereocenters. The van der Waals surface area contributed by atoms with Gasteiger partial charge in [-0.3, -0.25) is 14.4 Å². The molecule has 3 atom stereocenters. The number of nitrogens with one attached hydrogen (secondary N) is 1. The van der Waals surface area contributed by atoms with Crippen LogP contribution in [-0.4, -0.2) is 66.3 Å². The Labute approximate surface area is 244 Å². The first kappa shape index (κ1) is 29.3. The third-order valence-corrected chi connectivity index (χ3v) is 8.39. The van der Waals surface area contributed by atoms with E-state index < -0.39 is 36.7 Å². The number of fused-ring (bicyclic) bond motifs is 4. The summed E-state index contributed by atoms with van der Waals surface area (Å²) in [4.78, 5) is 65.2. The first-order valence-electron chi connectivity index (χ1n) is 14.4. The number of amides is 2. The first-order valence-corrected chi connectivity index (χ1v) is 14.4. The molecule has 1 aliphatic carbocycles. The molecule has 0 bridgehead atoms. The topological polar surface area (TPSA) is 128 Å². The number of methoxy groups -OCH3 is 1. The second kappa shape index (κ2) is 12.0. The quantitative estimate of drug-likeness (QED) is 0.383. The van der Waals surface area contributed by atoms with Crippen LogP contribution < -0.4 is 10.1 Å². The molecule has 2 aliphatic heterocycles. The number of aryl methyl sites for hydroxylation is 1. The zero-order chi connectivity index (χ0) is 30.1. The normalized spacial score (nSPS) is 19.6. The van der Waals surface area contributed by atoms with Crippen molar-refractivity contribution >= 4 is 29.5 Å². The number of hydrogen-bond donors (Lipinski definition) is 1. The van der Waals surface area contributed by atoms with Crippen LogP contribution in [0.25, 0.3) is 11.1 Å². The van der Waals surface area contributed by atoms with Gasteiger partial charge in [0.2, 0.25) is 5.91 Å². The van der Waals surface area contributed by atoms with Crippen LogP contribution in [0.5, 0.6) is 5.75 Å². The van der Waals surface area contributed by atoms with Gasteiger partial charge in [-0.25, -0.2) is 9.59 Å². The molecule has 0 spiro atoms. The van der Waals surface area contributed by atoms with E-state index in [4.69, 9.17) is 9.47 Å². The van der Waals surface area contributed by atoms with E-state index in [1.807, 2.05) is 25.1 Å². The molecule has 0 aromatic heterocycles. The molecule has 10 nitrogen and oxygen atoms in total. The standard InChI is InChI=1S/C32H36N2O8/c1-17(2)29(33-32(39)40-4)30(37)34-18(3)8-11-25(34)31(38)42-16-27(36)20-9-10-22-21(12-20)15-41-28-14-23-19(13-24(22)28)6-5-7-26(23)35/h9-10,12-14,17-18,25,29H,5-8,11,15-16H2,1-4H3,(H,33,39)/t18-,25-,29-/m0/s1. The van der Waals surface area contributed by atoms with Gasteiger partial charge >= 0.3 is 12.1 Å². The Bertz CT molecular complexity index is 1450. The minimum absolute atomic E-state index is 0.140. The summed E-state index contributed by atoms with van der Waals surface area (Å²) in [6, 6.07) is 7.20.